The quantitative estimate of drug-likeness (QED) is 0.856. The summed E-state index contributed by atoms with van der Waals surface area (Å²) in [5, 5.41) is 7.19. The van der Waals surface area contributed by atoms with Gasteiger partial charge in [0.2, 0.25) is 5.95 Å². The van der Waals surface area contributed by atoms with Crippen LogP contribution < -0.4 is 10.6 Å². The zero-order chi connectivity index (χ0) is 14.3. The first kappa shape index (κ1) is 13.1. The average Bonchev–Trinajstić information content (AvgIpc) is 2.99. The van der Waals surface area contributed by atoms with Crippen molar-refractivity contribution in [3.8, 4) is 11.6 Å². The molecular formula is C13H20N6O. The summed E-state index contributed by atoms with van der Waals surface area (Å²) in [5.41, 5.74) is 6.93. The molecule has 0 amide bonds. The number of hydrogen-bond acceptors (Lipinski definition) is 6. The number of oxazole rings is 1. The van der Waals surface area contributed by atoms with Crippen LogP contribution in [0.3, 0.4) is 0 Å². The van der Waals surface area contributed by atoms with Crippen LogP contribution in [0.15, 0.2) is 4.42 Å². The van der Waals surface area contributed by atoms with Crippen LogP contribution in [0.5, 0.6) is 0 Å². The first-order chi connectivity index (χ1) is 9.54. The molecule has 2 atom stereocenters. The highest BCUT2D eigenvalue weighted by Gasteiger charge is 2.26. The van der Waals surface area contributed by atoms with Crippen molar-refractivity contribution < 1.29 is 4.42 Å². The molecule has 3 rings (SSSR count). The first-order valence-corrected chi connectivity index (χ1v) is 6.92. The molecule has 1 aliphatic rings. The maximum absolute atomic E-state index is 6.12. The predicted molar refractivity (Wildman–Crippen MR) is 75.3 cm³/mol. The van der Waals surface area contributed by atoms with Gasteiger partial charge in [-0.25, -0.2) is 4.98 Å². The van der Waals surface area contributed by atoms with Crippen LogP contribution in [-0.2, 0) is 0 Å². The predicted octanol–water partition coefficient (Wildman–Crippen LogP) is 1.25. The number of piperidine rings is 1. The van der Waals surface area contributed by atoms with Crippen LogP contribution in [0.4, 0.5) is 5.95 Å². The van der Waals surface area contributed by atoms with Crippen molar-refractivity contribution in [3.05, 3.63) is 11.6 Å². The number of aryl methyl sites for hydroxylation is 2. The van der Waals surface area contributed by atoms with Gasteiger partial charge in [0, 0.05) is 26.1 Å². The maximum Gasteiger partial charge on any atom is 0.245 e. The molecule has 20 heavy (non-hydrogen) atoms. The van der Waals surface area contributed by atoms with Crippen molar-refractivity contribution in [1.82, 2.24) is 20.2 Å². The van der Waals surface area contributed by atoms with E-state index in [1.165, 1.54) is 0 Å². The minimum Gasteiger partial charge on any atom is -0.437 e. The van der Waals surface area contributed by atoms with E-state index in [9.17, 15) is 0 Å². The molecule has 3 N–H and O–H groups in total. The van der Waals surface area contributed by atoms with E-state index in [-0.39, 0.29) is 6.04 Å². The second-order valence-corrected chi connectivity index (χ2v) is 5.51. The maximum atomic E-state index is 6.12. The van der Waals surface area contributed by atoms with E-state index in [2.05, 4.69) is 32.0 Å². The van der Waals surface area contributed by atoms with Gasteiger partial charge in [0.1, 0.15) is 0 Å². The number of nitrogens with zero attached hydrogens (tertiary/aromatic N) is 4. The highest BCUT2D eigenvalue weighted by atomic mass is 16.4. The van der Waals surface area contributed by atoms with E-state index in [1.54, 1.807) is 0 Å². The Kier molecular flexibility index (Phi) is 3.21. The minimum atomic E-state index is 0.167. The molecule has 0 radical (unpaired) electrons. The summed E-state index contributed by atoms with van der Waals surface area (Å²) in [6, 6.07) is 0.167. The van der Waals surface area contributed by atoms with Crippen molar-refractivity contribution in [1.29, 1.82) is 0 Å². The molecule has 108 valence electrons. The highest BCUT2D eigenvalue weighted by molar-refractivity contribution is 5.52. The zero-order valence-corrected chi connectivity index (χ0v) is 12.1. The van der Waals surface area contributed by atoms with Gasteiger partial charge in [-0.05, 0) is 19.3 Å². The Morgan fingerprint density at radius 2 is 2.15 bits per heavy atom. The van der Waals surface area contributed by atoms with Gasteiger partial charge in [0.05, 0.1) is 5.69 Å². The largest absolute Gasteiger partial charge is 0.437 e. The third kappa shape index (κ3) is 2.29. The number of nitrogens with two attached hydrogens (primary N) is 1. The van der Waals surface area contributed by atoms with Gasteiger partial charge in [-0.15, -0.1) is 5.10 Å². The molecule has 0 spiro atoms. The Morgan fingerprint density at radius 3 is 2.80 bits per heavy atom. The SMILES string of the molecule is Cc1nc(C)c(-c2nc(N3CCC(C)C(N)C3)n[nH]2)o1. The Labute approximate surface area is 117 Å². The van der Waals surface area contributed by atoms with Crippen LogP contribution in [0.1, 0.15) is 24.9 Å². The number of aromatic amines is 1. The molecule has 1 fully saturated rings. The molecule has 1 saturated heterocycles. The number of rotatable bonds is 2. The lowest BCUT2D eigenvalue weighted by Crippen LogP contribution is -2.48. The minimum absolute atomic E-state index is 0.167. The summed E-state index contributed by atoms with van der Waals surface area (Å²) < 4.78 is 5.55. The number of anilines is 1. The smallest absolute Gasteiger partial charge is 0.245 e. The fraction of sp³-hybridized carbons (Fsp3) is 0.615. The Hall–Kier alpha value is -1.89. The van der Waals surface area contributed by atoms with E-state index >= 15 is 0 Å². The summed E-state index contributed by atoms with van der Waals surface area (Å²) in [5.74, 6) is 3.12. The monoisotopic (exact) mass is 276 g/mol. The fourth-order valence-electron chi connectivity index (χ4n) is 2.53. The molecule has 2 unspecified atom stereocenters. The Balaban J connectivity index is 1.82. The summed E-state index contributed by atoms with van der Waals surface area (Å²) in [4.78, 5) is 10.9. The molecule has 0 bridgehead atoms. The average molecular weight is 276 g/mol. The summed E-state index contributed by atoms with van der Waals surface area (Å²) in [6.07, 6.45) is 1.06. The Bertz CT molecular complexity index is 604. The highest BCUT2D eigenvalue weighted by Crippen LogP contribution is 2.24. The number of nitrogens with one attached hydrogen (secondary N) is 1. The number of aromatic nitrogens is 4. The lowest BCUT2D eigenvalue weighted by Gasteiger charge is -2.34. The molecule has 7 heteroatoms. The van der Waals surface area contributed by atoms with Crippen molar-refractivity contribution in [3.63, 3.8) is 0 Å². The van der Waals surface area contributed by atoms with Gasteiger partial charge < -0.3 is 15.1 Å². The van der Waals surface area contributed by atoms with Crippen LogP contribution in [-0.4, -0.2) is 39.3 Å². The van der Waals surface area contributed by atoms with Crippen molar-refractivity contribution in [2.45, 2.75) is 33.2 Å². The van der Waals surface area contributed by atoms with Gasteiger partial charge in [0.15, 0.2) is 17.5 Å². The summed E-state index contributed by atoms with van der Waals surface area (Å²) in [7, 11) is 0. The molecule has 1 aliphatic heterocycles. The second kappa shape index (κ2) is 4.90. The van der Waals surface area contributed by atoms with Crippen LogP contribution >= 0.6 is 0 Å². The van der Waals surface area contributed by atoms with E-state index in [0.717, 1.165) is 25.2 Å². The summed E-state index contributed by atoms with van der Waals surface area (Å²) >= 11 is 0. The van der Waals surface area contributed by atoms with E-state index in [0.29, 0.717) is 29.3 Å². The van der Waals surface area contributed by atoms with Gasteiger partial charge in [-0.3, -0.25) is 5.10 Å². The third-order valence-corrected chi connectivity index (χ3v) is 3.89. The molecule has 2 aromatic heterocycles. The van der Waals surface area contributed by atoms with Crippen molar-refractivity contribution in [2.24, 2.45) is 11.7 Å². The molecule has 0 aliphatic carbocycles. The zero-order valence-electron chi connectivity index (χ0n) is 12.1. The van der Waals surface area contributed by atoms with E-state index in [4.69, 9.17) is 10.2 Å². The lowest BCUT2D eigenvalue weighted by atomic mass is 9.95. The van der Waals surface area contributed by atoms with E-state index in [1.807, 2.05) is 13.8 Å². The summed E-state index contributed by atoms with van der Waals surface area (Å²) in [6.45, 7) is 7.62. The molecule has 3 heterocycles. The van der Waals surface area contributed by atoms with Crippen LogP contribution in [0.2, 0.25) is 0 Å². The second-order valence-electron chi connectivity index (χ2n) is 5.51. The van der Waals surface area contributed by atoms with Crippen molar-refractivity contribution in [2.75, 3.05) is 18.0 Å². The van der Waals surface area contributed by atoms with Crippen LogP contribution in [0.25, 0.3) is 11.6 Å². The molecule has 0 saturated carbocycles. The normalized spacial score (nSPS) is 23.3. The first-order valence-electron chi connectivity index (χ1n) is 6.92. The Morgan fingerprint density at radius 1 is 1.35 bits per heavy atom. The molecule has 2 aromatic rings. The molecule has 0 aromatic carbocycles. The topological polar surface area (TPSA) is 96.9 Å². The van der Waals surface area contributed by atoms with Gasteiger partial charge in [-0.1, -0.05) is 6.92 Å². The number of hydrogen-bond donors (Lipinski definition) is 2. The van der Waals surface area contributed by atoms with Gasteiger partial charge in [-0.2, -0.15) is 4.98 Å². The third-order valence-electron chi connectivity index (χ3n) is 3.89. The van der Waals surface area contributed by atoms with Crippen molar-refractivity contribution >= 4 is 5.95 Å². The molecule has 7 nitrogen and oxygen atoms in total. The van der Waals surface area contributed by atoms with Crippen LogP contribution in [0, 0.1) is 19.8 Å². The fourth-order valence-corrected chi connectivity index (χ4v) is 2.53. The lowest BCUT2D eigenvalue weighted by molar-refractivity contribution is 0.376. The van der Waals surface area contributed by atoms with Gasteiger partial charge in [0.25, 0.3) is 0 Å². The number of H-pyrrole nitrogens is 1. The van der Waals surface area contributed by atoms with E-state index < -0.39 is 0 Å². The standard InChI is InChI=1S/C13H20N6O/c1-7-4-5-19(6-10(7)14)13-16-12(17-18-13)11-8(2)15-9(3)20-11/h7,10H,4-6,14H2,1-3H3,(H,16,17,18). The van der Waals surface area contributed by atoms with Gasteiger partial charge >= 0.3 is 0 Å². The molecular weight excluding hydrogens is 256 g/mol.